The molecule has 6 nitrogen and oxygen atoms in total. The van der Waals surface area contributed by atoms with Crippen LogP contribution in [0.1, 0.15) is 5.56 Å². The summed E-state index contributed by atoms with van der Waals surface area (Å²) in [5.74, 6) is 1.25. The summed E-state index contributed by atoms with van der Waals surface area (Å²) in [6.07, 6.45) is 1.55. The van der Waals surface area contributed by atoms with Crippen molar-refractivity contribution in [3.8, 4) is 11.5 Å². The number of aromatic nitrogens is 1. The van der Waals surface area contributed by atoms with Crippen molar-refractivity contribution in [3.05, 3.63) is 47.2 Å². The van der Waals surface area contributed by atoms with Gasteiger partial charge in [-0.25, -0.2) is 9.78 Å². The van der Waals surface area contributed by atoms with Gasteiger partial charge in [0.05, 0.1) is 19.9 Å². The average Bonchev–Trinajstić information content (AvgIpc) is 2.54. The molecule has 2 aromatic rings. The van der Waals surface area contributed by atoms with Crippen LogP contribution in [-0.2, 0) is 6.54 Å². The van der Waals surface area contributed by atoms with Crippen molar-refractivity contribution in [1.82, 2.24) is 10.3 Å². The predicted octanol–water partition coefficient (Wildman–Crippen LogP) is 3.07. The number of hydrogen-bond acceptors (Lipinski definition) is 4. The van der Waals surface area contributed by atoms with Crippen LogP contribution in [0.5, 0.6) is 11.5 Å². The van der Waals surface area contributed by atoms with Crippen LogP contribution in [0.25, 0.3) is 0 Å². The first-order valence-corrected chi connectivity index (χ1v) is 6.88. The van der Waals surface area contributed by atoms with Gasteiger partial charge < -0.3 is 20.1 Å². The third-order valence-corrected chi connectivity index (χ3v) is 3.21. The van der Waals surface area contributed by atoms with Crippen molar-refractivity contribution in [2.75, 3.05) is 19.5 Å². The van der Waals surface area contributed by atoms with Gasteiger partial charge in [-0.05, 0) is 29.8 Å². The molecule has 0 bridgehead atoms. The second-order valence-corrected chi connectivity index (χ2v) is 4.70. The largest absolute Gasteiger partial charge is 0.493 e. The average molecular weight is 322 g/mol. The number of hydrogen-bond donors (Lipinski definition) is 2. The number of nitrogens with one attached hydrogen (secondary N) is 2. The van der Waals surface area contributed by atoms with E-state index in [1.54, 1.807) is 44.7 Å². The maximum absolute atomic E-state index is 11.9. The molecule has 1 aromatic heterocycles. The van der Waals surface area contributed by atoms with Crippen molar-refractivity contribution < 1.29 is 14.3 Å². The van der Waals surface area contributed by atoms with Gasteiger partial charge in [-0.3, -0.25) is 0 Å². The molecular weight excluding hydrogens is 306 g/mol. The standard InChI is InChI=1S/C15H16ClN3O3/c1-21-12-6-5-10(8-13(12)22-2)9-18-15(20)19-11-4-3-7-17-14(11)16/h3-8H,9H2,1-2H3,(H2,18,19,20). The Hall–Kier alpha value is -2.47. The summed E-state index contributed by atoms with van der Waals surface area (Å²) >= 11 is 5.87. The first kappa shape index (κ1) is 15.9. The zero-order valence-electron chi connectivity index (χ0n) is 12.2. The van der Waals surface area contributed by atoms with Crippen molar-refractivity contribution in [2.24, 2.45) is 0 Å². The van der Waals surface area contributed by atoms with Crippen molar-refractivity contribution >= 4 is 23.3 Å². The highest BCUT2D eigenvalue weighted by Crippen LogP contribution is 2.27. The predicted molar refractivity (Wildman–Crippen MR) is 84.7 cm³/mol. The zero-order chi connectivity index (χ0) is 15.9. The van der Waals surface area contributed by atoms with E-state index >= 15 is 0 Å². The van der Waals surface area contributed by atoms with Gasteiger partial charge >= 0.3 is 6.03 Å². The van der Waals surface area contributed by atoms with E-state index in [1.807, 2.05) is 6.07 Å². The number of anilines is 1. The second-order valence-electron chi connectivity index (χ2n) is 4.34. The number of methoxy groups -OCH3 is 2. The molecule has 1 aromatic carbocycles. The molecule has 0 atom stereocenters. The molecule has 0 radical (unpaired) electrons. The lowest BCUT2D eigenvalue weighted by molar-refractivity contribution is 0.251. The summed E-state index contributed by atoms with van der Waals surface area (Å²) in [5, 5.41) is 5.60. The maximum atomic E-state index is 11.9. The molecule has 0 fully saturated rings. The van der Waals surface area contributed by atoms with Crippen LogP contribution in [0.4, 0.5) is 10.5 Å². The molecule has 0 saturated carbocycles. The summed E-state index contributed by atoms with van der Waals surface area (Å²) in [6, 6.07) is 8.42. The molecule has 7 heteroatoms. The molecule has 116 valence electrons. The molecule has 0 saturated heterocycles. The van der Waals surface area contributed by atoms with Gasteiger partial charge in [-0.15, -0.1) is 0 Å². The van der Waals surface area contributed by atoms with Gasteiger partial charge in [0, 0.05) is 12.7 Å². The Morgan fingerprint density at radius 2 is 2.00 bits per heavy atom. The quantitative estimate of drug-likeness (QED) is 0.830. The maximum Gasteiger partial charge on any atom is 0.319 e. The molecule has 0 aliphatic carbocycles. The van der Waals surface area contributed by atoms with E-state index in [9.17, 15) is 4.79 Å². The molecule has 0 spiro atoms. The van der Waals surface area contributed by atoms with Gasteiger partial charge in [0.2, 0.25) is 0 Å². The molecule has 2 rings (SSSR count). The van der Waals surface area contributed by atoms with Gasteiger partial charge in [0.25, 0.3) is 0 Å². The number of pyridine rings is 1. The minimum Gasteiger partial charge on any atom is -0.493 e. The number of rotatable bonds is 5. The smallest absolute Gasteiger partial charge is 0.319 e. The van der Waals surface area contributed by atoms with E-state index in [-0.39, 0.29) is 11.2 Å². The van der Waals surface area contributed by atoms with E-state index in [2.05, 4.69) is 15.6 Å². The highest BCUT2D eigenvalue weighted by molar-refractivity contribution is 6.32. The number of nitrogens with zero attached hydrogens (tertiary/aromatic N) is 1. The Bertz CT molecular complexity index is 664. The Morgan fingerprint density at radius 3 is 2.68 bits per heavy atom. The summed E-state index contributed by atoms with van der Waals surface area (Å²) in [4.78, 5) is 15.7. The number of amides is 2. The fraction of sp³-hybridized carbons (Fsp3) is 0.200. The Labute approximate surface area is 133 Å². The fourth-order valence-electron chi connectivity index (χ4n) is 1.82. The van der Waals surface area contributed by atoms with Crippen LogP contribution in [0, 0.1) is 0 Å². The lowest BCUT2D eigenvalue weighted by Crippen LogP contribution is -2.28. The number of carbonyl (C=O) groups excluding carboxylic acids is 1. The van der Waals surface area contributed by atoms with Crippen LogP contribution in [0.2, 0.25) is 5.15 Å². The van der Waals surface area contributed by atoms with E-state index in [4.69, 9.17) is 21.1 Å². The summed E-state index contributed by atoms with van der Waals surface area (Å²) in [5.41, 5.74) is 1.33. The Morgan fingerprint density at radius 1 is 1.23 bits per heavy atom. The van der Waals surface area contributed by atoms with E-state index < -0.39 is 0 Å². The van der Waals surface area contributed by atoms with Crippen molar-refractivity contribution in [3.63, 3.8) is 0 Å². The molecule has 1 heterocycles. The molecule has 0 aliphatic rings. The van der Waals surface area contributed by atoms with E-state index in [0.29, 0.717) is 23.7 Å². The lowest BCUT2D eigenvalue weighted by Gasteiger charge is -2.11. The highest BCUT2D eigenvalue weighted by Gasteiger charge is 2.07. The second kappa shape index (κ2) is 7.51. The lowest BCUT2D eigenvalue weighted by atomic mass is 10.2. The number of carbonyl (C=O) groups is 1. The zero-order valence-corrected chi connectivity index (χ0v) is 13.0. The normalized spacial score (nSPS) is 9.95. The Balaban J connectivity index is 1.95. The molecular formula is C15H16ClN3O3. The first-order chi connectivity index (χ1) is 10.6. The van der Waals surface area contributed by atoms with Gasteiger partial charge in [-0.2, -0.15) is 0 Å². The molecule has 2 amide bonds. The number of urea groups is 1. The highest BCUT2D eigenvalue weighted by atomic mass is 35.5. The molecule has 0 aliphatic heterocycles. The van der Waals surface area contributed by atoms with Crippen LogP contribution >= 0.6 is 11.6 Å². The van der Waals surface area contributed by atoms with E-state index in [1.165, 1.54) is 0 Å². The molecule has 2 N–H and O–H groups in total. The SMILES string of the molecule is COc1ccc(CNC(=O)Nc2cccnc2Cl)cc1OC. The van der Waals surface area contributed by atoms with Crippen LogP contribution in [-0.4, -0.2) is 25.2 Å². The van der Waals surface area contributed by atoms with E-state index in [0.717, 1.165) is 5.56 Å². The van der Waals surface area contributed by atoms with Gasteiger partial charge in [0.15, 0.2) is 16.7 Å². The monoisotopic (exact) mass is 321 g/mol. The number of halogens is 1. The third-order valence-electron chi connectivity index (χ3n) is 2.91. The molecule has 22 heavy (non-hydrogen) atoms. The van der Waals surface area contributed by atoms with Crippen LogP contribution in [0.15, 0.2) is 36.5 Å². The van der Waals surface area contributed by atoms with Crippen LogP contribution < -0.4 is 20.1 Å². The van der Waals surface area contributed by atoms with Gasteiger partial charge in [0.1, 0.15) is 0 Å². The topological polar surface area (TPSA) is 72.5 Å². The summed E-state index contributed by atoms with van der Waals surface area (Å²) in [7, 11) is 3.13. The minimum absolute atomic E-state index is 0.240. The summed E-state index contributed by atoms with van der Waals surface area (Å²) in [6.45, 7) is 0.337. The van der Waals surface area contributed by atoms with Crippen molar-refractivity contribution in [2.45, 2.75) is 6.54 Å². The first-order valence-electron chi connectivity index (χ1n) is 6.50. The molecule has 0 unspecified atom stereocenters. The number of benzene rings is 1. The van der Waals surface area contributed by atoms with Gasteiger partial charge in [-0.1, -0.05) is 17.7 Å². The van der Waals surface area contributed by atoms with Crippen LogP contribution in [0.3, 0.4) is 0 Å². The van der Waals surface area contributed by atoms with Crippen molar-refractivity contribution in [1.29, 1.82) is 0 Å². The summed E-state index contributed by atoms with van der Waals surface area (Å²) < 4.78 is 10.4. The fourth-order valence-corrected chi connectivity index (χ4v) is 1.99. The Kier molecular flexibility index (Phi) is 5.43. The number of ether oxygens (including phenoxy) is 2. The third kappa shape index (κ3) is 4.02. The minimum atomic E-state index is -0.371.